The number of nitrogens with zero attached hydrogens (tertiary/aromatic N) is 3. The summed E-state index contributed by atoms with van der Waals surface area (Å²) in [6, 6.07) is 2.84. The largest absolute Gasteiger partial charge is 0.383 e. The van der Waals surface area contributed by atoms with Crippen molar-refractivity contribution in [2.24, 2.45) is 11.8 Å². The van der Waals surface area contributed by atoms with E-state index in [4.69, 9.17) is 4.74 Å². The van der Waals surface area contributed by atoms with Gasteiger partial charge in [-0.3, -0.25) is 14.5 Å². The Labute approximate surface area is 155 Å². The maximum Gasteiger partial charge on any atom is 0.271 e. The second-order valence-corrected chi connectivity index (χ2v) is 8.12. The van der Waals surface area contributed by atoms with Gasteiger partial charge >= 0.3 is 0 Å². The van der Waals surface area contributed by atoms with Gasteiger partial charge in [0.15, 0.2) is 0 Å². The van der Waals surface area contributed by atoms with Crippen molar-refractivity contribution in [2.75, 3.05) is 33.4 Å². The maximum absolute atomic E-state index is 12.5. The SMILES string of the molecule is COCCn1nc(C(=O)NCC(C)(C)N2CC(C)CC(C)C2)ccc1=O. The van der Waals surface area contributed by atoms with Crippen LogP contribution in [0, 0.1) is 11.8 Å². The second kappa shape index (κ2) is 8.77. The number of amides is 1. The van der Waals surface area contributed by atoms with Crippen molar-refractivity contribution in [3.63, 3.8) is 0 Å². The molecule has 2 rings (SSSR count). The summed E-state index contributed by atoms with van der Waals surface area (Å²) in [6.07, 6.45) is 1.26. The Morgan fingerprint density at radius 1 is 1.31 bits per heavy atom. The van der Waals surface area contributed by atoms with Gasteiger partial charge in [0.1, 0.15) is 5.69 Å². The number of carbonyl (C=O) groups excluding carboxylic acids is 1. The summed E-state index contributed by atoms with van der Waals surface area (Å²) in [6.45, 7) is 12.2. The van der Waals surface area contributed by atoms with Crippen LogP contribution in [-0.2, 0) is 11.3 Å². The minimum Gasteiger partial charge on any atom is -0.383 e. The summed E-state index contributed by atoms with van der Waals surface area (Å²) >= 11 is 0. The molecule has 0 radical (unpaired) electrons. The van der Waals surface area contributed by atoms with Crippen LogP contribution in [0.1, 0.15) is 44.6 Å². The Morgan fingerprint density at radius 2 is 1.96 bits per heavy atom. The molecule has 7 heteroatoms. The average Bonchev–Trinajstić information content (AvgIpc) is 2.58. The van der Waals surface area contributed by atoms with E-state index < -0.39 is 0 Å². The van der Waals surface area contributed by atoms with Gasteiger partial charge in [-0.25, -0.2) is 4.68 Å². The molecule has 146 valence electrons. The fraction of sp³-hybridized carbons (Fsp3) is 0.737. The lowest BCUT2D eigenvalue weighted by Gasteiger charge is -2.45. The molecule has 26 heavy (non-hydrogen) atoms. The van der Waals surface area contributed by atoms with Crippen molar-refractivity contribution in [1.82, 2.24) is 20.0 Å². The van der Waals surface area contributed by atoms with Gasteiger partial charge in [-0.05, 0) is 38.2 Å². The quantitative estimate of drug-likeness (QED) is 0.791. The van der Waals surface area contributed by atoms with Crippen LogP contribution in [0.3, 0.4) is 0 Å². The lowest BCUT2D eigenvalue weighted by Crippen LogP contribution is -2.56. The predicted octanol–water partition coefficient (Wildman–Crippen LogP) is 1.38. The standard InChI is InChI=1S/C19H32N4O3/c1-14-10-15(2)12-22(11-14)19(3,4)13-20-18(25)16-6-7-17(24)23(21-16)8-9-26-5/h6-7,14-15H,8-13H2,1-5H3,(H,20,25). The number of nitrogens with one attached hydrogen (secondary N) is 1. The highest BCUT2D eigenvalue weighted by Crippen LogP contribution is 2.26. The van der Waals surface area contributed by atoms with Crippen LogP contribution in [0.25, 0.3) is 0 Å². The number of aromatic nitrogens is 2. The molecule has 1 N–H and O–H groups in total. The highest BCUT2D eigenvalue weighted by atomic mass is 16.5. The van der Waals surface area contributed by atoms with Crippen LogP contribution in [0.2, 0.25) is 0 Å². The molecule has 1 saturated heterocycles. The number of ether oxygens (including phenoxy) is 1. The van der Waals surface area contributed by atoms with Crippen molar-refractivity contribution < 1.29 is 9.53 Å². The lowest BCUT2D eigenvalue weighted by molar-refractivity contribution is 0.0444. The number of carbonyl (C=O) groups is 1. The highest BCUT2D eigenvalue weighted by Gasteiger charge is 2.33. The molecule has 1 amide bonds. The van der Waals surface area contributed by atoms with Crippen LogP contribution in [0.15, 0.2) is 16.9 Å². The normalized spacial score (nSPS) is 21.6. The van der Waals surface area contributed by atoms with Crippen molar-refractivity contribution in [3.8, 4) is 0 Å². The number of hydrogen-bond donors (Lipinski definition) is 1. The van der Waals surface area contributed by atoms with Crippen molar-refractivity contribution in [1.29, 1.82) is 0 Å². The van der Waals surface area contributed by atoms with Crippen LogP contribution in [0.5, 0.6) is 0 Å². The fourth-order valence-electron chi connectivity index (χ4n) is 3.56. The maximum atomic E-state index is 12.5. The summed E-state index contributed by atoms with van der Waals surface area (Å²) in [5.41, 5.74) is -0.129. The summed E-state index contributed by atoms with van der Waals surface area (Å²) < 4.78 is 6.23. The van der Waals surface area contributed by atoms with E-state index in [0.29, 0.717) is 31.5 Å². The molecule has 2 atom stereocenters. The van der Waals surface area contributed by atoms with E-state index in [1.807, 2.05) is 0 Å². The van der Waals surface area contributed by atoms with Crippen molar-refractivity contribution in [3.05, 3.63) is 28.2 Å². The molecule has 1 aliphatic rings. The molecule has 0 aromatic carbocycles. The van der Waals surface area contributed by atoms with Crippen LogP contribution in [-0.4, -0.2) is 59.5 Å². The molecule has 0 aliphatic carbocycles. The zero-order chi connectivity index (χ0) is 19.3. The monoisotopic (exact) mass is 364 g/mol. The zero-order valence-electron chi connectivity index (χ0n) is 16.6. The van der Waals surface area contributed by atoms with Crippen LogP contribution < -0.4 is 10.9 Å². The van der Waals surface area contributed by atoms with Gasteiger partial charge in [-0.2, -0.15) is 5.10 Å². The molecule has 1 aliphatic heterocycles. The van der Waals surface area contributed by atoms with E-state index in [1.54, 1.807) is 7.11 Å². The number of hydrogen-bond acceptors (Lipinski definition) is 5. The minimum absolute atomic E-state index is 0.136. The molecule has 0 bridgehead atoms. The molecule has 0 saturated carbocycles. The summed E-state index contributed by atoms with van der Waals surface area (Å²) in [4.78, 5) is 26.8. The highest BCUT2D eigenvalue weighted by molar-refractivity contribution is 5.92. The van der Waals surface area contributed by atoms with Crippen LogP contribution in [0.4, 0.5) is 0 Å². The topological polar surface area (TPSA) is 76.5 Å². The Bertz CT molecular complexity index is 661. The molecule has 1 aromatic heterocycles. The van der Waals surface area contributed by atoms with Crippen LogP contribution >= 0.6 is 0 Å². The first-order valence-corrected chi connectivity index (χ1v) is 9.33. The smallest absolute Gasteiger partial charge is 0.271 e. The Hall–Kier alpha value is -1.73. The van der Waals surface area contributed by atoms with Gasteiger partial charge in [0.05, 0.1) is 13.2 Å². The van der Waals surface area contributed by atoms with Gasteiger partial charge in [0.25, 0.3) is 11.5 Å². The van der Waals surface area contributed by atoms with E-state index in [0.717, 1.165) is 13.1 Å². The Balaban J connectivity index is 2.00. The third-order valence-electron chi connectivity index (χ3n) is 5.01. The number of piperidine rings is 1. The first-order valence-electron chi connectivity index (χ1n) is 9.33. The molecule has 0 spiro atoms. The Morgan fingerprint density at radius 3 is 2.58 bits per heavy atom. The third-order valence-corrected chi connectivity index (χ3v) is 5.01. The van der Waals surface area contributed by atoms with E-state index in [2.05, 4.69) is 43.0 Å². The van der Waals surface area contributed by atoms with Gasteiger partial charge in [-0.1, -0.05) is 13.8 Å². The van der Waals surface area contributed by atoms with E-state index in [-0.39, 0.29) is 22.7 Å². The lowest BCUT2D eigenvalue weighted by atomic mass is 9.88. The number of rotatable bonds is 7. The first kappa shape index (κ1) is 20.6. The molecule has 2 unspecified atom stereocenters. The first-order chi connectivity index (χ1) is 12.2. The zero-order valence-corrected chi connectivity index (χ0v) is 16.6. The van der Waals surface area contributed by atoms with Crippen molar-refractivity contribution in [2.45, 2.75) is 46.2 Å². The fourth-order valence-corrected chi connectivity index (χ4v) is 3.56. The van der Waals surface area contributed by atoms with Crippen molar-refractivity contribution >= 4 is 5.91 Å². The molecule has 2 heterocycles. The van der Waals surface area contributed by atoms with E-state index in [9.17, 15) is 9.59 Å². The second-order valence-electron chi connectivity index (χ2n) is 8.12. The van der Waals surface area contributed by atoms with Gasteiger partial charge in [-0.15, -0.1) is 0 Å². The summed E-state index contributed by atoms with van der Waals surface area (Å²) in [5, 5.41) is 7.12. The third kappa shape index (κ3) is 5.38. The molecular formula is C19H32N4O3. The summed E-state index contributed by atoms with van der Waals surface area (Å²) in [5.74, 6) is 1.07. The molecule has 1 aromatic rings. The minimum atomic E-state index is -0.262. The van der Waals surface area contributed by atoms with E-state index >= 15 is 0 Å². The van der Waals surface area contributed by atoms with Gasteiger partial charge in [0, 0.05) is 38.3 Å². The predicted molar refractivity (Wildman–Crippen MR) is 101 cm³/mol. The molecular weight excluding hydrogens is 332 g/mol. The van der Waals surface area contributed by atoms with Gasteiger partial charge < -0.3 is 10.1 Å². The molecule has 1 fully saturated rings. The van der Waals surface area contributed by atoms with Gasteiger partial charge in [0.2, 0.25) is 0 Å². The Kier molecular flexibility index (Phi) is 6.94. The molecule has 7 nitrogen and oxygen atoms in total. The average molecular weight is 364 g/mol. The summed E-state index contributed by atoms with van der Waals surface area (Å²) in [7, 11) is 1.56. The number of likely N-dealkylation sites (tertiary alicyclic amines) is 1. The van der Waals surface area contributed by atoms with E-state index in [1.165, 1.54) is 23.2 Å². The number of methoxy groups -OCH3 is 1.